The van der Waals surface area contributed by atoms with Crippen molar-refractivity contribution in [3.05, 3.63) is 11.1 Å². The van der Waals surface area contributed by atoms with E-state index in [0.717, 1.165) is 11.8 Å². The van der Waals surface area contributed by atoms with Gasteiger partial charge in [0, 0.05) is 6.07 Å². The normalized spacial score (nSPS) is 12.8. The van der Waals surface area contributed by atoms with E-state index in [1.807, 2.05) is 0 Å². The number of nitrogens with one attached hydrogen (secondary N) is 1. The third-order valence-corrected chi connectivity index (χ3v) is 4.66. The zero-order chi connectivity index (χ0) is 17.9. The molecule has 0 aliphatic rings. The molecule has 1 amide bonds. The number of hydrogen-bond acceptors (Lipinski definition) is 9. The van der Waals surface area contributed by atoms with Gasteiger partial charge in [-0.25, -0.2) is 9.97 Å². The van der Waals surface area contributed by atoms with E-state index in [0.29, 0.717) is 6.42 Å². The SMILES string of the molecule is CC[C@H](Sc1nc(N)cc(N)n1)C(=O)Nc1nnc(C(F)(F)F)s1. The van der Waals surface area contributed by atoms with E-state index >= 15 is 0 Å². The number of anilines is 3. The maximum Gasteiger partial charge on any atom is 0.445 e. The molecular weight excluding hydrogens is 367 g/mol. The summed E-state index contributed by atoms with van der Waals surface area (Å²) in [4.78, 5) is 20.1. The molecule has 2 aromatic heterocycles. The molecule has 0 saturated carbocycles. The molecule has 5 N–H and O–H groups in total. The third-order valence-electron chi connectivity index (χ3n) is 2.55. The van der Waals surface area contributed by atoms with Crippen LogP contribution in [0, 0.1) is 0 Å². The Morgan fingerprint density at radius 1 is 1.33 bits per heavy atom. The number of aromatic nitrogens is 4. The second-order valence-electron chi connectivity index (χ2n) is 4.41. The van der Waals surface area contributed by atoms with Gasteiger partial charge in [0.15, 0.2) is 5.16 Å². The van der Waals surface area contributed by atoms with Crippen LogP contribution in [0.5, 0.6) is 0 Å². The van der Waals surface area contributed by atoms with E-state index in [4.69, 9.17) is 11.5 Å². The number of nitrogens with zero attached hydrogens (tertiary/aromatic N) is 4. The molecule has 0 aliphatic heterocycles. The van der Waals surface area contributed by atoms with Gasteiger partial charge in [0.25, 0.3) is 0 Å². The van der Waals surface area contributed by atoms with Crippen molar-refractivity contribution in [1.82, 2.24) is 20.2 Å². The van der Waals surface area contributed by atoms with Gasteiger partial charge in [0.1, 0.15) is 11.6 Å². The standard InChI is InChI=1S/C11H12F3N7OS2/c1-2-4(23-9-17-5(15)3-6(16)18-9)7(22)19-10-21-20-8(24-10)11(12,13)14/h3-4H,2H2,1H3,(H,19,21,22)(H4,15,16,17,18)/t4-/m0/s1. The van der Waals surface area contributed by atoms with Gasteiger partial charge in [-0.3, -0.25) is 10.1 Å². The van der Waals surface area contributed by atoms with Crippen LogP contribution in [0.25, 0.3) is 0 Å². The molecule has 0 bridgehead atoms. The maximum absolute atomic E-state index is 12.5. The van der Waals surface area contributed by atoms with Gasteiger partial charge in [-0.2, -0.15) is 13.2 Å². The second kappa shape index (κ2) is 7.17. The van der Waals surface area contributed by atoms with Crippen LogP contribution < -0.4 is 16.8 Å². The first-order chi connectivity index (χ1) is 11.2. The Morgan fingerprint density at radius 2 is 1.96 bits per heavy atom. The highest BCUT2D eigenvalue weighted by Crippen LogP contribution is 2.33. The van der Waals surface area contributed by atoms with Crippen LogP contribution >= 0.6 is 23.1 Å². The summed E-state index contributed by atoms with van der Waals surface area (Å²) in [5.41, 5.74) is 11.1. The Morgan fingerprint density at radius 3 is 2.46 bits per heavy atom. The zero-order valence-electron chi connectivity index (χ0n) is 12.2. The highest BCUT2D eigenvalue weighted by molar-refractivity contribution is 8.00. The molecule has 0 spiro atoms. The maximum atomic E-state index is 12.5. The molecule has 0 aromatic carbocycles. The molecule has 0 unspecified atom stereocenters. The molecule has 0 fully saturated rings. The topological polar surface area (TPSA) is 133 Å². The number of nitrogens with two attached hydrogens (primary N) is 2. The Labute approximate surface area is 142 Å². The molecular formula is C11H12F3N7OS2. The monoisotopic (exact) mass is 379 g/mol. The minimum Gasteiger partial charge on any atom is -0.383 e. The molecule has 2 rings (SSSR count). The fourth-order valence-corrected chi connectivity index (χ4v) is 3.06. The summed E-state index contributed by atoms with van der Waals surface area (Å²) in [6.07, 6.45) is -4.23. The van der Waals surface area contributed by atoms with Crippen molar-refractivity contribution in [1.29, 1.82) is 0 Å². The number of carbonyl (C=O) groups excluding carboxylic acids is 1. The molecule has 0 saturated heterocycles. The lowest BCUT2D eigenvalue weighted by Gasteiger charge is -2.12. The molecule has 0 radical (unpaired) electrons. The summed E-state index contributed by atoms with van der Waals surface area (Å²) in [5.74, 6) is -0.240. The minimum atomic E-state index is -4.60. The summed E-state index contributed by atoms with van der Waals surface area (Å²) in [6.45, 7) is 1.73. The van der Waals surface area contributed by atoms with Crippen LogP contribution in [0.1, 0.15) is 18.4 Å². The Balaban J connectivity index is 2.07. The predicted molar refractivity (Wildman–Crippen MR) is 84.3 cm³/mol. The second-order valence-corrected chi connectivity index (χ2v) is 6.56. The van der Waals surface area contributed by atoms with Crippen molar-refractivity contribution in [3.8, 4) is 0 Å². The van der Waals surface area contributed by atoms with Crippen molar-refractivity contribution in [2.75, 3.05) is 16.8 Å². The lowest BCUT2D eigenvalue weighted by molar-refractivity contribution is -0.138. The molecule has 24 heavy (non-hydrogen) atoms. The van der Waals surface area contributed by atoms with Crippen LogP contribution in [-0.2, 0) is 11.0 Å². The van der Waals surface area contributed by atoms with Gasteiger partial charge in [0.2, 0.25) is 16.0 Å². The first kappa shape index (κ1) is 18.2. The summed E-state index contributed by atoms with van der Waals surface area (Å²) in [5, 5.41) is 6.77. The number of amides is 1. The van der Waals surface area contributed by atoms with Gasteiger partial charge in [-0.15, -0.1) is 10.2 Å². The number of hydrogen-bond donors (Lipinski definition) is 3. The number of carbonyl (C=O) groups is 1. The summed E-state index contributed by atoms with van der Waals surface area (Å²) < 4.78 is 37.4. The number of nitrogen functional groups attached to an aromatic ring is 2. The van der Waals surface area contributed by atoms with Gasteiger partial charge >= 0.3 is 6.18 Å². The van der Waals surface area contributed by atoms with Crippen LogP contribution in [-0.4, -0.2) is 31.3 Å². The van der Waals surface area contributed by atoms with Gasteiger partial charge in [-0.05, 0) is 6.42 Å². The zero-order valence-corrected chi connectivity index (χ0v) is 13.8. The van der Waals surface area contributed by atoms with Crippen molar-refractivity contribution >= 4 is 45.8 Å². The number of rotatable bonds is 5. The van der Waals surface area contributed by atoms with Crippen molar-refractivity contribution in [3.63, 3.8) is 0 Å². The molecule has 1 atom stereocenters. The minimum absolute atomic E-state index is 0.152. The van der Waals surface area contributed by atoms with Crippen molar-refractivity contribution in [2.24, 2.45) is 0 Å². The summed E-state index contributed by atoms with van der Waals surface area (Å²) in [7, 11) is 0. The fraction of sp³-hybridized carbons (Fsp3) is 0.364. The molecule has 2 aromatic rings. The third kappa shape index (κ3) is 4.67. The van der Waals surface area contributed by atoms with E-state index < -0.39 is 22.3 Å². The van der Waals surface area contributed by atoms with Crippen molar-refractivity contribution in [2.45, 2.75) is 29.9 Å². The average Bonchev–Trinajstić information content (AvgIpc) is 2.92. The lowest BCUT2D eigenvalue weighted by atomic mass is 10.3. The highest BCUT2D eigenvalue weighted by Gasteiger charge is 2.36. The number of thioether (sulfide) groups is 1. The van der Waals surface area contributed by atoms with Crippen LogP contribution in [0.4, 0.5) is 29.9 Å². The number of halogens is 3. The van der Waals surface area contributed by atoms with E-state index in [2.05, 4.69) is 25.5 Å². The number of alkyl halides is 3. The van der Waals surface area contributed by atoms with Crippen LogP contribution in [0.3, 0.4) is 0 Å². The average molecular weight is 379 g/mol. The molecule has 8 nitrogen and oxygen atoms in total. The molecule has 0 aliphatic carbocycles. The Bertz CT molecular complexity index is 716. The largest absolute Gasteiger partial charge is 0.445 e. The fourth-order valence-electron chi connectivity index (χ4n) is 1.54. The Hall–Kier alpha value is -2.15. The summed E-state index contributed by atoms with van der Waals surface area (Å²) >= 11 is 1.24. The molecule has 130 valence electrons. The first-order valence-corrected chi connectivity index (χ1v) is 8.17. The summed E-state index contributed by atoms with van der Waals surface area (Å²) in [6, 6.07) is 1.37. The Kier molecular flexibility index (Phi) is 5.43. The van der Waals surface area contributed by atoms with E-state index in [1.54, 1.807) is 6.92 Å². The molecule has 2 heterocycles. The van der Waals surface area contributed by atoms with E-state index in [9.17, 15) is 18.0 Å². The van der Waals surface area contributed by atoms with E-state index in [1.165, 1.54) is 6.07 Å². The van der Waals surface area contributed by atoms with Gasteiger partial charge in [-0.1, -0.05) is 30.0 Å². The van der Waals surface area contributed by atoms with Crippen LogP contribution in [0.15, 0.2) is 11.2 Å². The van der Waals surface area contributed by atoms with Gasteiger partial charge in [0.05, 0.1) is 5.25 Å². The highest BCUT2D eigenvalue weighted by atomic mass is 32.2. The van der Waals surface area contributed by atoms with E-state index in [-0.39, 0.29) is 33.3 Å². The first-order valence-electron chi connectivity index (χ1n) is 6.47. The predicted octanol–water partition coefficient (Wildman–Crippen LogP) is 2.02. The van der Waals surface area contributed by atoms with Crippen molar-refractivity contribution < 1.29 is 18.0 Å². The smallest absolute Gasteiger partial charge is 0.383 e. The lowest BCUT2D eigenvalue weighted by Crippen LogP contribution is -2.24. The quantitative estimate of drug-likeness (QED) is 0.531. The van der Waals surface area contributed by atoms with Crippen LogP contribution in [0.2, 0.25) is 0 Å². The molecule has 13 heteroatoms. The van der Waals surface area contributed by atoms with Gasteiger partial charge < -0.3 is 11.5 Å².